The first-order chi connectivity index (χ1) is 9.70. The van der Waals surface area contributed by atoms with Crippen molar-refractivity contribution in [2.45, 2.75) is 19.0 Å². The van der Waals surface area contributed by atoms with Gasteiger partial charge in [-0.1, -0.05) is 0 Å². The minimum atomic E-state index is -0.217. The van der Waals surface area contributed by atoms with E-state index in [2.05, 4.69) is 9.97 Å². The highest BCUT2D eigenvalue weighted by Crippen LogP contribution is 2.23. The van der Waals surface area contributed by atoms with Crippen LogP contribution in [0.3, 0.4) is 0 Å². The molecule has 0 aromatic carbocycles. The maximum absolute atomic E-state index is 12.5. The molecule has 0 radical (unpaired) electrons. The number of hydrogen-bond donors (Lipinski definition) is 1. The Morgan fingerprint density at radius 2 is 2.40 bits per heavy atom. The zero-order valence-electron chi connectivity index (χ0n) is 11.2. The molecule has 104 valence electrons. The van der Waals surface area contributed by atoms with E-state index in [4.69, 9.17) is 0 Å². The summed E-state index contributed by atoms with van der Waals surface area (Å²) in [5, 5.41) is 9.57. The molecular formula is C14H16N4O2. The van der Waals surface area contributed by atoms with Crippen LogP contribution in [0.2, 0.25) is 0 Å². The smallest absolute Gasteiger partial charge is 0.256 e. The largest absolute Gasteiger partial charge is 0.394 e. The van der Waals surface area contributed by atoms with Gasteiger partial charge in [-0.15, -0.1) is 0 Å². The van der Waals surface area contributed by atoms with E-state index in [-0.39, 0.29) is 18.6 Å². The maximum Gasteiger partial charge on any atom is 0.256 e. The van der Waals surface area contributed by atoms with E-state index < -0.39 is 0 Å². The summed E-state index contributed by atoms with van der Waals surface area (Å²) in [6, 6.07) is 3.25. The predicted octanol–water partition coefficient (Wildman–Crippen LogP) is 0.374. The van der Waals surface area contributed by atoms with Crippen LogP contribution in [-0.2, 0) is 20.0 Å². The van der Waals surface area contributed by atoms with Crippen molar-refractivity contribution in [3.63, 3.8) is 0 Å². The zero-order valence-corrected chi connectivity index (χ0v) is 11.2. The van der Waals surface area contributed by atoms with Gasteiger partial charge in [0.15, 0.2) is 0 Å². The number of carbonyl (C=O) groups is 1. The molecule has 0 saturated heterocycles. The fourth-order valence-electron chi connectivity index (χ4n) is 2.58. The van der Waals surface area contributed by atoms with Crippen molar-refractivity contribution in [1.29, 1.82) is 0 Å². The van der Waals surface area contributed by atoms with Crippen LogP contribution in [-0.4, -0.2) is 43.1 Å². The second kappa shape index (κ2) is 5.05. The minimum Gasteiger partial charge on any atom is -0.394 e. The Morgan fingerprint density at radius 3 is 3.10 bits per heavy atom. The molecule has 6 nitrogen and oxygen atoms in total. The molecule has 0 saturated carbocycles. The van der Waals surface area contributed by atoms with Crippen LogP contribution in [0, 0.1) is 0 Å². The molecule has 0 bridgehead atoms. The topological polar surface area (TPSA) is 71.2 Å². The summed E-state index contributed by atoms with van der Waals surface area (Å²) < 4.78 is 1.95. The van der Waals surface area contributed by atoms with E-state index in [1.54, 1.807) is 35.8 Å². The number of imidazole rings is 1. The number of fused-ring (bicyclic) bond motifs is 1. The van der Waals surface area contributed by atoms with E-state index in [9.17, 15) is 9.90 Å². The van der Waals surface area contributed by atoms with Crippen molar-refractivity contribution >= 4 is 5.91 Å². The molecule has 1 amide bonds. The monoisotopic (exact) mass is 272 g/mol. The molecule has 1 aliphatic heterocycles. The van der Waals surface area contributed by atoms with Crippen molar-refractivity contribution in [2.75, 3.05) is 6.61 Å². The van der Waals surface area contributed by atoms with E-state index >= 15 is 0 Å². The van der Waals surface area contributed by atoms with Crippen molar-refractivity contribution < 1.29 is 9.90 Å². The molecule has 1 atom stereocenters. The van der Waals surface area contributed by atoms with E-state index in [1.807, 2.05) is 11.6 Å². The molecule has 0 unspecified atom stereocenters. The molecule has 20 heavy (non-hydrogen) atoms. The highest BCUT2D eigenvalue weighted by Gasteiger charge is 2.32. The lowest BCUT2D eigenvalue weighted by Crippen LogP contribution is -2.46. The van der Waals surface area contributed by atoms with E-state index in [1.165, 1.54) is 0 Å². The Bertz CT molecular complexity index is 623. The Kier molecular flexibility index (Phi) is 3.23. The summed E-state index contributed by atoms with van der Waals surface area (Å²) in [6.45, 7) is 0.367. The number of aromatic nitrogens is 3. The average Bonchev–Trinajstić information content (AvgIpc) is 2.87. The summed E-state index contributed by atoms with van der Waals surface area (Å²) in [4.78, 5) is 22.5. The fourth-order valence-corrected chi connectivity index (χ4v) is 2.58. The predicted molar refractivity (Wildman–Crippen MR) is 71.9 cm³/mol. The molecule has 1 aliphatic rings. The zero-order chi connectivity index (χ0) is 14.1. The lowest BCUT2D eigenvalue weighted by molar-refractivity contribution is 0.0535. The van der Waals surface area contributed by atoms with Gasteiger partial charge in [-0.05, 0) is 12.1 Å². The number of pyridine rings is 1. The minimum absolute atomic E-state index is 0.0589. The molecule has 0 spiro atoms. The van der Waals surface area contributed by atoms with Gasteiger partial charge < -0.3 is 14.6 Å². The van der Waals surface area contributed by atoms with Crippen molar-refractivity contribution in [1.82, 2.24) is 19.4 Å². The molecule has 0 aliphatic carbocycles. The summed E-state index contributed by atoms with van der Waals surface area (Å²) >= 11 is 0. The summed E-state index contributed by atoms with van der Waals surface area (Å²) in [7, 11) is 1.93. The molecule has 6 heteroatoms. The van der Waals surface area contributed by atoms with Gasteiger partial charge in [0.05, 0.1) is 36.8 Å². The third-order valence-electron chi connectivity index (χ3n) is 3.72. The summed E-state index contributed by atoms with van der Waals surface area (Å²) in [5.41, 5.74) is 2.51. The lowest BCUT2D eigenvalue weighted by atomic mass is 10.0. The number of aliphatic hydroxyl groups excluding tert-OH is 1. The van der Waals surface area contributed by atoms with Crippen LogP contribution in [0.15, 0.2) is 30.9 Å². The number of hydrogen-bond acceptors (Lipinski definition) is 4. The Hall–Kier alpha value is -2.21. The average molecular weight is 272 g/mol. The number of aliphatic hydroxyl groups is 1. The number of aryl methyl sites for hydroxylation is 1. The second-order valence-electron chi connectivity index (χ2n) is 4.96. The number of rotatable bonds is 2. The van der Waals surface area contributed by atoms with Crippen molar-refractivity contribution in [2.24, 2.45) is 7.05 Å². The number of carbonyl (C=O) groups excluding carboxylic acids is 1. The van der Waals surface area contributed by atoms with Gasteiger partial charge in [-0.2, -0.15) is 0 Å². The summed E-state index contributed by atoms with van der Waals surface area (Å²) in [6.07, 6.45) is 5.55. The first kappa shape index (κ1) is 12.8. The van der Waals surface area contributed by atoms with Gasteiger partial charge in [0.2, 0.25) is 0 Å². The Balaban J connectivity index is 1.91. The molecule has 3 heterocycles. The van der Waals surface area contributed by atoms with Gasteiger partial charge >= 0.3 is 0 Å². The maximum atomic E-state index is 12.5. The molecule has 0 fully saturated rings. The van der Waals surface area contributed by atoms with Gasteiger partial charge in [0, 0.05) is 31.6 Å². The Morgan fingerprint density at radius 1 is 1.55 bits per heavy atom. The third-order valence-corrected chi connectivity index (χ3v) is 3.72. The number of amides is 1. The van der Waals surface area contributed by atoms with Gasteiger partial charge in [-0.25, -0.2) is 4.98 Å². The second-order valence-corrected chi connectivity index (χ2v) is 4.96. The van der Waals surface area contributed by atoms with E-state index in [0.717, 1.165) is 11.4 Å². The van der Waals surface area contributed by atoms with E-state index in [0.29, 0.717) is 18.5 Å². The third kappa shape index (κ3) is 2.08. The number of nitrogens with zero attached hydrogens (tertiary/aromatic N) is 4. The first-order valence-electron chi connectivity index (χ1n) is 6.51. The fraction of sp³-hybridized carbons (Fsp3) is 0.357. The molecule has 3 rings (SSSR count). The standard InChI is InChI=1S/C14H16N4O2/c1-17-9-16-12-7-18(11(8-19)5-13(12)17)14(20)10-3-2-4-15-6-10/h2-4,6,9,11,19H,5,7-8H2,1H3/t11-/m0/s1. The summed E-state index contributed by atoms with van der Waals surface area (Å²) in [5.74, 6) is -0.117. The van der Waals surface area contributed by atoms with Crippen LogP contribution in [0.1, 0.15) is 21.7 Å². The van der Waals surface area contributed by atoms with Crippen LogP contribution >= 0.6 is 0 Å². The first-order valence-corrected chi connectivity index (χ1v) is 6.51. The van der Waals surface area contributed by atoms with Crippen LogP contribution < -0.4 is 0 Å². The Labute approximate surface area is 116 Å². The molecule has 2 aromatic rings. The highest BCUT2D eigenvalue weighted by molar-refractivity contribution is 5.94. The van der Waals surface area contributed by atoms with Crippen LogP contribution in [0.25, 0.3) is 0 Å². The van der Waals surface area contributed by atoms with Crippen LogP contribution in [0.4, 0.5) is 0 Å². The van der Waals surface area contributed by atoms with Gasteiger partial charge in [-0.3, -0.25) is 9.78 Å². The molecule has 1 N–H and O–H groups in total. The quantitative estimate of drug-likeness (QED) is 0.857. The lowest BCUT2D eigenvalue weighted by Gasteiger charge is -2.34. The highest BCUT2D eigenvalue weighted by atomic mass is 16.3. The normalized spacial score (nSPS) is 17.9. The van der Waals surface area contributed by atoms with Crippen LogP contribution in [0.5, 0.6) is 0 Å². The van der Waals surface area contributed by atoms with Crippen molar-refractivity contribution in [3.05, 3.63) is 47.8 Å². The van der Waals surface area contributed by atoms with Gasteiger partial charge in [0.1, 0.15) is 0 Å². The van der Waals surface area contributed by atoms with Crippen molar-refractivity contribution in [3.8, 4) is 0 Å². The molecule has 2 aromatic heterocycles. The molecular weight excluding hydrogens is 256 g/mol. The SMILES string of the molecule is Cn1cnc2c1C[C@@H](CO)N(C(=O)c1cccnc1)C2. The van der Waals surface area contributed by atoms with Gasteiger partial charge in [0.25, 0.3) is 5.91 Å².